The van der Waals surface area contributed by atoms with Gasteiger partial charge in [0, 0.05) is 23.5 Å². The fourth-order valence-electron chi connectivity index (χ4n) is 1.57. The Morgan fingerprint density at radius 1 is 1.53 bits per heavy atom. The van der Waals surface area contributed by atoms with E-state index < -0.39 is 5.82 Å². The van der Waals surface area contributed by atoms with Crippen LogP contribution < -0.4 is 4.90 Å². The Morgan fingerprint density at radius 3 is 2.80 bits per heavy atom. The largest absolute Gasteiger partial charge is 0.311 e. The molecule has 0 N–H and O–H groups in total. The summed E-state index contributed by atoms with van der Waals surface area (Å²) in [6.07, 6.45) is 0.467. The van der Waals surface area contributed by atoms with Crippen LogP contribution in [0.3, 0.4) is 0 Å². The van der Waals surface area contributed by atoms with E-state index in [0.29, 0.717) is 18.7 Å². The molecule has 1 fully saturated rings. The topological polar surface area (TPSA) is 20.3 Å². The van der Waals surface area contributed by atoms with Crippen molar-refractivity contribution in [1.82, 2.24) is 0 Å². The van der Waals surface area contributed by atoms with Gasteiger partial charge in [0.15, 0.2) is 0 Å². The van der Waals surface area contributed by atoms with E-state index in [-0.39, 0.29) is 15.8 Å². The summed E-state index contributed by atoms with van der Waals surface area (Å²) < 4.78 is 12.9. The third-order valence-electron chi connectivity index (χ3n) is 2.29. The smallest absolute Gasteiger partial charge is 0.228 e. The maximum absolute atomic E-state index is 12.9. The van der Waals surface area contributed by atoms with E-state index in [2.05, 4.69) is 15.9 Å². The maximum Gasteiger partial charge on any atom is 0.228 e. The molecular weight excluding hydrogens is 284 g/mol. The summed E-state index contributed by atoms with van der Waals surface area (Å²) in [6, 6.07) is 4.30. The van der Waals surface area contributed by atoms with Gasteiger partial charge in [-0.2, -0.15) is 0 Å². The molecule has 1 aromatic carbocycles. The number of halogens is 3. The Kier molecular flexibility index (Phi) is 2.98. The highest BCUT2D eigenvalue weighted by Gasteiger charge is 2.28. The van der Waals surface area contributed by atoms with E-state index in [1.807, 2.05) is 0 Å². The van der Waals surface area contributed by atoms with Crippen molar-refractivity contribution in [2.75, 3.05) is 11.4 Å². The number of amides is 1. The molecule has 1 aliphatic rings. The van der Waals surface area contributed by atoms with Crippen molar-refractivity contribution in [1.29, 1.82) is 0 Å². The van der Waals surface area contributed by atoms with Crippen LogP contribution in [0.1, 0.15) is 6.42 Å². The third-order valence-corrected chi connectivity index (χ3v) is 3.20. The van der Waals surface area contributed by atoms with Crippen molar-refractivity contribution in [3.63, 3.8) is 0 Å². The molecule has 1 amide bonds. The van der Waals surface area contributed by atoms with Crippen molar-refractivity contribution in [3.8, 4) is 0 Å². The Hall–Kier alpha value is -0.610. The monoisotopic (exact) mass is 291 g/mol. The molecule has 0 bridgehead atoms. The molecule has 1 aliphatic heterocycles. The van der Waals surface area contributed by atoms with E-state index >= 15 is 0 Å². The lowest BCUT2D eigenvalue weighted by Gasteiger charge is -2.16. The van der Waals surface area contributed by atoms with Gasteiger partial charge in [-0.15, -0.1) is 0 Å². The minimum Gasteiger partial charge on any atom is -0.311 e. The van der Waals surface area contributed by atoms with Crippen LogP contribution in [-0.4, -0.2) is 17.3 Å². The fraction of sp³-hybridized carbons (Fsp3) is 0.300. The number of nitrogens with zero attached hydrogens (tertiary/aromatic N) is 1. The second-order valence-corrected chi connectivity index (χ2v) is 5.11. The molecule has 0 spiro atoms. The highest BCUT2D eigenvalue weighted by atomic mass is 79.9. The molecule has 1 atom stereocenters. The van der Waals surface area contributed by atoms with Crippen LogP contribution in [0.15, 0.2) is 18.2 Å². The summed E-state index contributed by atoms with van der Waals surface area (Å²) in [4.78, 5) is 13.3. The molecule has 2 rings (SSSR count). The highest BCUT2D eigenvalue weighted by Crippen LogP contribution is 2.28. The standard InChI is InChI=1S/C10H8BrClFNO/c11-6-3-10(15)14(5-6)7-1-2-9(13)8(12)4-7/h1-2,4,6H,3,5H2. The number of rotatable bonds is 1. The van der Waals surface area contributed by atoms with Crippen LogP contribution >= 0.6 is 27.5 Å². The Bertz CT molecular complexity index is 412. The summed E-state index contributed by atoms with van der Waals surface area (Å²) in [5.74, 6) is -0.443. The van der Waals surface area contributed by atoms with Gasteiger partial charge in [-0.05, 0) is 18.2 Å². The van der Waals surface area contributed by atoms with Gasteiger partial charge in [0.1, 0.15) is 5.82 Å². The summed E-state index contributed by atoms with van der Waals surface area (Å²) in [7, 11) is 0. The first kappa shape index (κ1) is 10.9. The number of alkyl halides is 1. The molecule has 1 aromatic rings. The number of anilines is 1. The molecule has 2 nitrogen and oxygen atoms in total. The zero-order valence-electron chi connectivity index (χ0n) is 7.71. The van der Waals surface area contributed by atoms with Crippen LogP contribution in [-0.2, 0) is 4.79 Å². The Labute approximate surface area is 100 Å². The number of hydrogen-bond donors (Lipinski definition) is 0. The van der Waals surface area contributed by atoms with Gasteiger partial charge in [-0.3, -0.25) is 4.79 Å². The van der Waals surface area contributed by atoms with E-state index in [9.17, 15) is 9.18 Å². The van der Waals surface area contributed by atoms with E-state index in [1.54, 1.807) is 11.0 Å². The zero-order valence-corrected chi connectivity index (χ0v) is 10.1. The van der Waals surface area contributed by atoms with Gasteiger partial charge in [-0.25, -0.2) is 4.39 Å². The van der Waals surface area contributed by atoms with E-state index in [1.165, 1.54) is 12.1 Å². The van der Waals surface area contributed by atoms with Crippen molar-refractivity contribution in [2.45, 2.75) is 11.2 Å². The number of benzene rings is 1. The second kappa shape index (κ2) is 4.10. The first-order valence-electron chi connectivity index (χ1n) is 4.47. The fourth-order valence-corrected chi connectivity index (χ4v) is 2.31. The SMILES string of the molecule is O=C1CC(Br)CN1c1ccc(F)c(Cl)c1. The molecule has 1 heterocycles. The van der Waals surface area contributed by atoms with Crippen LogP contribution in [0.5, 0.6) is 0 Å². The number of carbonyl (C=O) groups excluding carboxylic acids is 1. The summed E-state index contributed by atoms with van der Waals surface area (Å²) >= 11 is 9.03. The van der Waals surface area contributed by atoms with Gasteiger partial charge in [0.25, 0.3) is 0 Å². The molecular formula is C10H8BrClFNO. The Balaban J connectivity index is 2.30. The predicted molar refractivity (Wildman–Crippen MR) is 61.1 cm³/mol. The van der Waals surface area contributed by atoms with Gasteiger partial charge >= 0.3 is 0 Å². The van der Waals surface area contributed by atoms with Crippen LogP contribution in [0.2, 0.25) is 5.02 Å². The van der Waals surface area contributed by atoms with Gasteiger partial charge < -0.3 is 4.90 Å². The van der Waals surface area contributed by atoms with Crippen LogP contribution in [0, 0.1) is 5.82 Å². The minimum atomic E-state index is -0.470. The molecule has 0 radical (unpaired) electrons. The normalized spacial score (nSPS) is 21.1. The molecule has 5 heteroatoms. The summed E-state index contributed by atoms with van der Waals surface area (Å²) in [5.41, 5.74) is 0.647. The molecule has 0 saturated carbocycles. The Morgan fingerprint density at radius 2 is 2.27 bits per heavy atom. The van der Waals surface area contributed by atoms with Gasteiger partial charge in [-0.1, -0.05) is 27.5 Å². The number of carbonyl (C=O) groups is 1. The van der Waals surface area contributed by atoms with Crippen LogP contribution in [0.4, 0.5) is 10.1 Å². The lowest BCUT2D eigenvalue weighted by atomic mass is 10.3. The lowest BCUT2D eigenvalue weighted by molar-refractivity contribution is -0.117. The first-order valence-corrected chi connectivity index (χ1v) is 5.77. The quantitative estimate of drug-likeness (QED) is 0.729. The molecule has 80 valence electrons. The van der Waals surface area contributed by atoms with Crippen molar-refractivity contribution in [3.05, 3.63) is 29.0 Å². The third kappa shape index (κ3) is 2.16. The van der Waals surface area contributed by atoms with Crippen molar-refractivity contribution in [2.24, 2.45) is 0 Å². The molecule has 0 aromatic heterocycles. The van der Waals surface area contributed by atoms with E-state index in [4.69, 9.17) is 11.6 Å². The highest BCUT2D eigenvalue weighted by molar-refractivity contribution is 9.09. The molecule has 1 unspecified atom stereocenters. The maximum atomic E-state index is 12.9. The second-order valence-electron chi connectivity index (χ2n) is 3.40. The average molecular weight is 293 g/mol. The van der Waals surface area contributed by atoms with Gasteiger partial charge in [0.2, 0.25) is 5.91 Å². The minimum absolute atomic E-state index is 0.0274. The van der Waals surface area contributed by atoms with Crippen molar-refractivity contribution < 1.29 is 9.18 Å². The number of hydrogen-bond acceptors (Lipinski definition) is 1. The van der Waals surface area contributed by atoms with Gasteiger partial charge in [0.05, 0.1) is 5.02 Å². The van der Waals surface area contributed by atoms with Crippen LogP contribution in [0.25, 0.3) is 0 Å². The first-order chi connectivity index (χ1) is 7.08. The van der Waals surface area contributed by atoms with E-state index in [0.717, 1.165) is 0 Å². The summed E-state index contributed by atoms with van der Waals surface area (Å²) in [5, 5.41) is 0.0401. The zero-order chi connectivity index (χ0) is 11.0. The lowest BCUT2D eigenvalue weighted by Crippen LogP contribution is -2.24. The summed E-state index contributed by atoms with van der Waals surface area (Å²) in [6.45, 7) is 0.598. The molecule has 0 aliphatic carbocycles. The molecule has 1 saturated heterocycles. The molecule has 15 heavy (non-hydrogen) atoms. The predicted octanol–water partition coefficient (Wildman–Crippen LogP) is 2.98. The average Bonchev–Trinajstić information content (AvgIpc) is 2.50. The van der Waals surface area contributed by atoms with Crippen molar-refractivity contribution >= 4 is 39.1 Å².